The van der Waals surface area contributed by atoms with E-state index in [1.165, 1.54) is 0 Å². The minimum atomic E-state index is -1.10. The van der Waals surface area contributed by atoms with Crippen LogP contribution in [0.15, 0.2) is 0 Å². The van der Waals surface area contributed by atoms with Crippen molar-refractivity contribution in [2.45, 2.75) is 25.0 Å². The minimum absolute atomic E-state index is 0.536. The average Bonchev–Trinajstić information content (AvgIpc) is 1.31. The van der Waals surface area contributed by atoms with Crippen molar-refractivity contribution in [1.29, 1.82) is 0 Å². The molecule has 1 atom stereocenters. The molecule has 3 heteroatoms. The van der Waals surface area contributed by atoms with Gasteiger partial charge in [0.2, 0.25) is 0 Å². The summed E-state index contributed by atoms with van der Waals surface area (Å²) in [6, 6.07) is 0. The van der Waals surface area contributed by atoms with Gasteiger partial charge in [0.15, 0.2) is 0 Å². The van der Waals surface area contributed by atoms with Crippen molar-refractivity contribution >= 4 is 36.0 Å². The van der Waals surface area contributed by atoms with E-state index in [9.17, 15) is 0 Å². The Kier molecular flexibility index (Phi) is 3.33. The van der Waals surface area contributed by atoms with Crippen LogP contribution >= 0.6 is 10.0 Å². The average molecular weight is 242 g/mol. The first kappa shape index (κ1) is 8.38. The molecule has 0 radical (unpaired) electrons. The van der Waals surface area contributed by atoms with Crippen LogP contribution in [0.3, 0.4) is 0 Å². The topological polar surface area (TPSA) is 0 Å². The summed E-state index contributed by atoms with van der Waals surface area (Å²) < 4.78 is 0.536. The maximum atomic E-state index is 6.02. The van der Waals surface area contributed by atoms with E-state index in [0.717, 1.165) is 14.5 Å². The molecule has 44 valence electrons. The molecule has 0 fully saturated rings. The molecule has 0 N–H and O–H groups in total. The van der Waals surface area contributed by atoms with E-state index in [1.54, 1.807) is 0 Å². The molecule has 0 aromatic rings. The van der Waals surface area contributed by atoms with Crippen LogP contribution in [0, 0.1) is 0 Å². The Morgan fingerprint density at radius 2 is 1.57 bits per heavy atom. The number of rotatable bonds is 0. The molecule has 0 saturated carbocycles. The van der Waals surface area contributed by atoms with Crippen LogP contribution in [0.2, 0.25) is 4.25 Å². The van der Waals surface area contributed by atoms with Crippen molar-refractivity contribution < 1.29 is 0 Å². The molecule has 0 aliphatic heterocycles. The zero-order chi connectivity index (χ0) is 6.08. The number of halogens is 1. The van der Waals surface area contributed by atoms with Gasteiger partial charge in [-0.2, -0.15) is 0 Å². The molecule has 0 bridgehead atoms. The van der Waals surface area contributed by atoms with Crippen molar-refractivity contribution in [3.8, 4) is 0 Å². The Morgan fingerprint density at radius 1 is 1.43 bits per heavy atom. The van der Waals surface area contributed by atoms with Crippen LogP contribution in [0.25, 0.3) is 0 Å². The van der Waals surface area contributed by atoms with E-state index in [4.69, 9.17) is 10.0 Å². The Bertz CT molecular complexity index is 55.2. The molecule has 0 spiro atoms. The van der Waals surface area contributed by atoms with E-state index in [0.29, 0.717) is 4.25 Å². The van der Waals surface area contributed by atoms with Crippen LogP contribution in [0.4, 0.5) is 0 Å². The molecule has 7 heavy (non-hydrogen) atoms. The first-order chi connectivity index (χ1) is 2.94. The molecule has 0 aliphatic carbocycles. The Labute approximate surface area is 60.9 Å². The second kappa shape index (κ2) is 2.79. The van der Waals surface area contributed by atoms with Crippen LogP contribution in [0.1, 0.15) is 20.8 Å². The fourth-order valence-electron chi connectivity index (χ4n) is 0. The predicted molar refractivity (Wildman–Crippen MR) is 42.7 cm³/mol. The van der Waals surface area contributed by atoms with Gasteiger partial charge in [-0.25, -0.2) is 0 Å². The summed E-state index contributed by atoms with van der Waals surface area (Å²) in [5.74, 6) is 0. The second-order valence-corrected chi connectivity index (χ2v) is 33.2. The summed E-state index contributed by atoms with van der Waals surface area (Å²) in [4.78, 5) is 0. The first-order valence-corrected chi connectivity index (χ1v) is 22.0. The van der Waals surface area contributed by atoms with Gasteiger partial charge in [-0.3, -0.25) is 0 Å². The van der Waals surface area contributed by atoms with Crippen molar-refractivity contribution in [1.82, 2.24) is 0 Å². The van der Waals surface area contributed by atoms with Gasteiger partial charge in [-0.05, 0) is 0 Å². The monoisotopic (exact) mass is 244 g/mol. The summed E-state index contributed by atoms with van der Waals surface area (Å²) in [7, 11) is 6.02. The van der Waals surface area contributed by atoms with E-state index in [1.807, 2.05) is 0 Å². The third-order valence-electron chi connectivity index (χ3n) is 1.19. The molecule has 0 heterocycles. The van der Waals surface area contributed by atoms with Crippen molar-refractivity contribution in [3.63, 3.8) is 0 Å². The zero-order valence-corrected chi connectivity index (χ0v) is 12.8. The van der Waals surface area contributed by atoms with Crippen LogP contribution in [-0.2, 0) is 0 Å². The molecule has 0 nitrogen and oxygen atoms in total. The fraction of sp³-hybridized carbons (Fsp3) is 1.00. The van der Waals surface area contributed by atoms with Crippen LogP contribution in [0.5, 0.6) is 0 Å². The van der Waals surface area contributed by atoms with E-state index < -0.39 is 11.5 Å². The molecule has 0 aliphatic rings. The van der Waals surface area contributed by atoms with Crippen molar-refractivity contribution in [2.75, 3.05) is 0 Å². The van der Waals surface area contributed by atoms with Gasteiger partial charge < -0.3 is 0 Å². The Balaban J connectivity index is 3.54. The zero-order valence-electron chi connectivity index (χ0n) is 5.46. The summed E-state index contributed by atoms with van der Waals surface area (Å²) in [6.45, 7) is 6.78. The van der Waals surface area contributed by atoms with Gasteiger partial charge in [-0.15, -0.1) is 0 Å². The normalized spacial score (nSPS) is 17.1. The maximum absolute atomic E-state index is 6.02. The van der Waals surface area contributed by atoms with Gasteiger partial charge in [0.1, 0.15) is 0 Å². The Hall–Kier alpha value is 1.38. The van der Waals surface area contributed by atoms with Crippen molar-refractivity contribution in [3.05, 3.63) is 0 Å². The fourth-order valence-corrected chi connectivity index (χ4v) is 0. The van der Waals surface area contributed by atoms with Gasteiger partial charge >= 0.3 is 61.0 Å². The van der Waals surface area contributed by atoms with E-state index in [2.05, 4.69) is 20.8 Å². The molecule has 0 amide bonds. The summed E-state index contributed by atoms with van der Waals surface area (Å²) in [6.07, 6.45) is 0. The summed E-state index contributed by atoms with van der Waals surface area (Å²) in [5, 5.41) is 0. The molecule has 0 aromatic heterocycles. The third kappa shape index (κ3) is 3.92. The molecule has 0 saturated heterocycles. The van der Waals surface area contributed by atoms with E-state index in [-0.39, 0.29) is 0 Å². The van der Waals surface area contributed by atoms with Crippen molar-refractivity contribution in [2.24, 2.45) is 0 Å². The van der Waals surface area contributed by atoms with Gasteiger partial charge in [-0.1, -0.05) is 0 Å². The SMILES string of the molecule is C[C](C)(C)[GeH]([Cl])[GeH3]. The third-order valence-corrected chi connectivity index (χ3v) is 28.5. The molecule has 0 aromatic carbocycles. The quantitative estimate of drug-likeness (QED) is 0.546. The molecular weight excluding hydrogens is 229 g/mol. The summed E-state index contributed by atoms with van der Waals surface area (Å²) >= 11 is -0.146. The van der Waals surface area contributed by atoms with E-state index >= 15 is 0 Å². The van der Waals surface area contributed by atoms with Gasteiger partial charge in [0.25, 0.3) is 0 Å². The number of hydrogen-bond acceptors (Lipinski definition) is 0. The second-order valence-electron chi connectivity index (χ2n) is 2.98. The molecule has 0 rings (SSSR count). The number of hydrogen-bond donors (Lipinski definition) is 0. The predicted octanol–water partition coefficient (Wildman–Crippen LogP) is 0.611. The van der Waals surface area contributed by atoms with Crippen LogP contribution < -0.4 is 0 Å². The summed E-state index contributed by atoms with van der Waals surface area (Å²) in [5.41, 5.74) is 0. The molecular formula is C4H13ClGe2. The standard InChI is InChI=1S/C4H13ClGe2/c1-4(2,3)7(5)6/h7H,1-3,6H3. The van der Waals surface area contributed by atoms with Crippen LogP contribution in [-0.4, -0.2) is 26.0 Å². The van der Waals surface area contributed by atoms with Gasteiger partial charge in [0.05, 0.1) is 0 Å². The Morgan fingerprint density at radius 3 is 1.57 bits per heavy atom. The first-order valence-electron chi connectivity index (χ1n) is 2.58. The molecule has 1 unspecified atom stereocenters. The van der Waals surface area contributed by atoms with Gasteiger partial charge in [0, 0.05) is 0 Å².